The Morgan fingerprint density at radius 2 is 2.11 bits per heavy atom. The Hall–Kier alpha value is -1.81. The number of ketones is 1. The zero-order valence-corrected chi connectivity index (χ0v) is 11.6. The van der Waals surface area contributed by atoms with Crippen molar-refractivity contribution in [3.05, 3.63) is 29.3 Å². The predicted molar refractivity (Wildman–Crippen MR) is 72.7 cm³/mol. The van der Waals surface area contributed by atoms with E-state index < -0.39 is 0 Å². The van der Waals surface area contributed by atoms with Crippen LogP contribution in [0.1, 0.15) is 36.7 Å². The highest BCUT2D eigenvalue weighted by atomic mass is 16.7. The molecule has 0 fully saturated rings. The molecule has 4 nitrogen and oxygen atoms in total. The molecule has 102 valence electrons. The van der Waals surface area contributed by atoms with Crippen LogP contribution in [0.5, 0.6) is 11.5 Å². The first-order valence-corrected chi connectivity index (χ1v) is 6.12. The Morgan fingerprint density at radius 3 is 2.74 bits per heavy atom. The number of fused-ring (bicyclic) bond motifs is 1. The van der Waals surface area contributed by atoms with E-state index in [1.807, 2.05) is 26.0 Å². The minimum absolute atomic E-state index is 0.0489. The maximum absolute atomic E-state index is 11.7. The van der Waals surface area contributed by atoms with E-state index in [0.29, 0.717) is 17.1 Å². The SMILES string of the molecule is COCOc1c(C(C)=O)ccc2c1C=CC(C)(C)O2. The van der Waals surface area contributed by atoms with E-state index in [0.717, 1.165) is 5.56 Å². The summed E-state index contributed by atoms with van der Waals surface area (Å²) in [6, 6.07) is 3.53. The lowest BCUT2D eigenvalue weighted by Crippen LogP contribution is -2.27. The summed E-state index contributed by atoms with van der Waals surface area (Å²) in [6.07, 6.45) is 3.87. The van der Waals surface area contributed by atoms with E-state index in [1.54, 1.807) is 12.1 Å². The third-order valence-corrected chi connectivity index (χ3v) is 2.88. The fourth-order valence-corrected chi connectivity index (χ4v) is 1.98. The van der Waals surface area contributed by atoms with Crippen LogP contribution in [0.3, 0.4) is 0 Å². The van der Waals surface area contributed by atoms with Crippen molar-refractivity contribution in [2.24, 2.45) is 0 Å². The van der Waals surface area contributed by atoms with Gasteiger partial charge in [-0.3, -0.25) is 4.79 Å². The lowest BCUT2D eigenvalue weighted by atomic mass is 9.98. The Labute approximate surface area is 113 Å². The number of hydrogen-bond acceptors (Lipinski definition) is 4. The number of Topliss-reactive ketones (excluding diaryl/α,β-unsaturated/α-hetero) is 1. The molecule has 1 aromatic carbocycles. The van der Waals surface area contributed by atoms with Crippen molar-refractivity contribution in [3.8, 4) is 11.5 Å². The van der Waals surface area contributed by atoms with E-state index >= 15 is 0 Å². The molecule has 4 heteroatoms. The van der Waals surface area contributed by atoms with Gasteiger partial charge in [0, 0.05) is 7.11 Å². The van der Waals surface area contributed by atoms with Crippen LogP contribution in [-0.2, 0) is 4.74 Å². The van der Waals surface area contributed by atoms with Gasteiger partial charge in [0.1, 0.15) is 17.1 Å². The van der Waals surface area contributed by atoms with Gasteiger partial charge in [0.2, 0.25) is 0 Å². The van der Waals surface area contributed by atoms with Crippen LogP contribution >= 0.6 is 0 Å². The van der Waals surface area contributed by atoms with Crippen molar-refractivity contribution in [2.75, 3.05) is 13.9 Å². The second kappa shape index (κ2) is 5.05. The van der Waals surface area contributed by atoms with Gasteiger partial charge < -0.3 is 14.2 Å². The molecular formula is C15H18O4. The number of benzene rings is 1. The Morgan fingerprint density at radius 1 is 1.37 bits per heavy atom. The van der Waals surface area contributed by atoms with E-state index in [1.165, 1.54) is 14.0 Å². The van der Waals surface area contributed by atoms with Crippen LogP contribution in [0.25, 0.3) is 6.08 Å². The first-order valence-electron chi connectivity index (χ1n) is 6.12. The van der Waals surface area contributed by atoms with Gasteiger partial charge in [-0.15, -0.1) is 0 Å². The normalized spacial score (nSPS) is 15.6. The van der Waals surface area contributed by atoms with Crippen molar-refractivity contribution >= 4 is 11.9 Å². The standard InChI is InChI=1S/C15H18O4/c1-10(16)11-5-6-13-12(14(11)18-9-17-4)7-8-15(2,3)19-13/h5-8H,9H2,1-4H3. The summed E-state index contributed by atoms with van der Waals surface area (Å²) in [6.45, 7) is 5.55. The molecule has 19 heavy (non-hydrogen) atoms. The third kappa shape index (κ3) is 2.79. The highest BCUT2D eigenvalue weighted by Crippen LogP contribution is 2.39. The molecule has 1 heterocycles. The Bertz CT molecular complexity index is 529. The van der Waals surface area contributed by atoms with Gasteiger partial charge in [-0.1, -0.05) is 0 Å². The van der Waals surface area contributed by atoms with Gasteiger partial charge in [0.25, 0.3) is 0 Å². The number of methoxy groups -OCH3 is 1. The predicted octanol–water partition coefficient (Wildman–Crippen LogP) is 3.06. The molecule has 0 radical (unpaired) electrons. The van der Waals surface area contributed by atoms with Crippen LogP contribution in [0.2, 0.25) is 0 Å². The highest BCUT2D eigenvalue weighted by molar-refractivity contribution is 5.98. The minimum Gasteiger partial charge on any atom is -0.483 e. The molecule has 0 spiro atoms. The molecule has 0 amide bonds. The lowest BCUT2D eigenvalue weighted by molar-refractivity contribution is 0.0495. The molecule has 0 aliphatic carbocycles. The molecule has 1 aromatic rings. The van der Waals surface area contributed by atoms with Crippen molar-refractivity contribution in [2.45, 2.75) is 26.4 Å². The second-order valence-corrected chi connectivity index (χ2v) is 5.00. The molecule has 0 atom stereocenters. The largest absolute Gasteiger partial charge is 0.483 e. The van der Waals surface area contributed by atoms with E-state index in [-0.39, 0.29) is 18.2 Å². The number of rotatable bonds is 4. The molecule has 0 N–H and O–H groups in total. The summed E-state index contributed by atoms with van der Waals surface area (Å²) in [5, 5.41) is 0. The van der Waals surface area contributed by atoms with Crippen LogP contribution < -0.4 is 9.47 Å². The fourth-order valence-electron chi connectivity index (χ4n) is 1.98. The van der Waals surface area contributed by atoms with Gasteiger partial charge in [-0.05, 0) is 45.1 Å². The minimum atomic E-state index is -0.358. The van der Waals surface area contributed by atoms with Crippen molar-refractivity contribution in [1.82, 2.24) is 0 Å². The van der Waals surface area contributed by atoms with Crippen molar-refractivity contribution < 1.29 is 19.0 Å². The summed E-state index contributed by atoms with van der Waals surface area (Å²) >= 11 is 0. The molecule has 1 aliphatic heterocycles. The molecule has 0 unspecified atom stereocenters. The molecule has 0 saturated heterocycles. The van der Waals surface area contributed by atoms with Gasteiger partial charge in [-0.25, -0.2) is 0 Å². The van der Waals surface area contributed by atoms with Gasteiger partial charge >= 0.3 is 0 Å². The fraction of sp³-hybridized carbons (Fsp3) is 0.400. The lowest BCUT2D eigenvalue weighted by Gasteiger charge is -2.29. The number of ether oxygens (including phenoxy) is 3. The van der Waals surface area contributed by atoms with Gasteiger partial charge in [-0.2, -0.15) is 0 Å². The first kappa shape index (κ1) is 13.6. The van der Waals surface area contributed by atoms with Crippen LogP contribution in [0.15, 0.2) is 18.2 Å². The maximum atomic E-state index is 11.7. The van der Waals surface area contributed by atoms with Gasteiger partial charge in [0.15, 0.2) is 12.6 Å². The molecule has 1 aliphatic rings. The van der Waals surface area contributed by atoms with Crippen LogP contribution in [-0.4, -0.2) is 25.3 Å². The number of carbonyl (C=O) groups excluding carboxylic acids is 1. The summed E-state index contributed by atoms with van der Waals surface area (Å²) in [5.74, 6) is 1.18. The second-order valence-electron chi connectivity index (χ2n) is 5.00. The van der Waals surface area contributed by atoms with E-state index in [9.17, 15) is 4.79 Å². The topological polar surface area (TPSA) is 44.8 Å². The van der Waals surface area contributed by atoms with E-state index in [2.05, 4.69) is 0 Å². The smallest absolute Gasteiger partial charge is 0.188 e. The highest BCUT2D eigenvalue weighted by Gasteiger charge is 2.26. The van der Waals surface area contributed by atoms with Crippen LogP contribution in [0.4, 0.5) is 0 Å². The summed E-state index contributed by atoms with van der Waals surface area (Å²) in [5.41, 5.74) is 0.955. The molecule has 2 rings (SSSR count). The summed E-state index contributed by atoms with van der Waals surface area (Å²) in [7, 11) is 1.54. The average molecular weight is 262 g/mol. The maximum Gasteiger partial charge on any atom is 0.188 e. The zero-order valence-electron chi connectivity index (χ0n) is 11.6. The van der Waals surface area contributed by atoms with Crippen molar-refractivity contribution in [3.63, 3.8) is 0 Å². The quantitative estimate of drug-likeness (QED) is 0.618. The summed E-state index contributed by atoms with van der Waals surface area (Å²) < 4.78 is 16.3. The van der Waals surface area contributed by atoms with Crippen LogP contribution in [0, 0.1) is 0 Å². The summed E-state index contributed by atoms with van der Waals surface area (Å²) in [4.78, 5) is 11.7. The third-order valence-electron chi connectivity index (χ3n) is 2.88. The monoisotopic (exact) mass is 262 g/mol. The van der Waals surface area contributed by atoms with Gasteiger partial charge in [0.05, 0.1) is 11.1 Å². The van der Waals surface area contributed by atoms with Crippen molar-refractivity contribution in [1.29, 1.82) is 0 Å². The Kier molecular flexibility index (Phi) is 3.62. The molecule has 0 bridgehead atoms. The average Bonchev–Trinajstić information content (AvgIpc) is 2.33. The zero-order chi connectivity index (χ0) is 14.0. The Balaban J connectivity index is 2.51. The number of hydrogen-bond donors (Lipinski definition) is 0. The molecule has 0 aromatic heterocycles. The molecular weight excluding hydrogens is 244 g/mol. The number of carbonyl (C=O) groups is 1. The van der Waals surface area contributed by atoms with E-state index in [4.69, 9.17) is 14.2 Å². The first-order chi connectivity index (χ1) is 8.94. The molecule has 0 saturated carbocycles.